The van der Waals surface area contributed by atoms with Crippen LogP contribution in [0.1, 0.15) is 17.8 Å². The summed E-state index contributed by atoms with van der Waals surface area (Å²) in [5, 5.41) is 18.3. The zero-order valence-corrected chi connectivity index (χ0v) is 10.3. The van der Waals surface area contributed by atoms with Crippen LogP contribution in [0.2, 0.25) is 0 Å². The summed E-state index contributed by atoms with van der Waals surface area (Å²) >= 11 is 3.18. The first-order valence-electron chi connectivity index (χ1n) is 4.97. The van der Waals surface area contributed by atoms with Gasteiger partial charge in [-0.2, -0.15) is 0 Å². The molecule has 1 aromatic rings. The molecule has 1 unspecified atom stereocenters. The van der Waals surface area contributed by atoms with Crippen LogP contribution in [0.15, 0.2) is 4.34 Å². The number of hydrogen-bond acceptors (Lipinski definition) is 6. The van der Waals surface area contributed by atoms with Crippen molar-refractivity contribution in [2.45, 2.75) is 29.6 Å². The van der Waals surface area contributed by atoms with Gasteiger partial charge in [0.1, 0.15) is 5.01 Å². The van der Waals surface area contributed by atoms with E-state index in [1.807, 2.05) is 6.92 Å². The Morgan fingerprint density at radius 2 is 2.33 bits per heavy atom. The van der Waals surface area contributed by atoms with Gasteiger partial charge >= 0.3 is 0 Å². The number of aliphatic hydroxyl groups excluding tert-OH is 1. The number of thioether (sulfide) groups is 1. The van der Waals surface area contributed by atoms with Gasteiger partial charge in [-0.15, -0.1) is 10.2 Å². The Hall–Kier alpha value is -0.170. The summed E-state index contributed by atoms with van der Waals surface area (Å²) in [7, 11) is 0. The monoisotopic (exact) mass is 245 g/mol. The molecule has 6 heteroatoms. The largest absolute Gasteiger partial charge is 0.394 e. The minimum absolute atomic E-state index is 0.0580. The van der Waals surface area contributed by atoms with Gasteiger partial charge in [-0.3, -0.25) is 0 Å². The molecule has 0 saturated heterocycles. The van der Waals surface area contributed by atoms with Crippen molar-refractivity contribution < 1.29 is 5.11 Å². The van der Waals surface area contributed by atoms with Gasteiger partial charge in [0.05, 0.1) is 12.1 Å². The lowest BCUT2D eigenvalue weighted by Gasteiger charge is -2.25. The predicted molar refractivity (Wildman–Crippen MR) is 62.1 cm³/mol. The first-order valence-corrected chi connectivity index (χ1v) is 6.77. The molecule has 0 radical (unpaired) electrons. The standard InChI is InChI=1S/C9H15N3OS2/c1-6-11-12-8(15-6)14-5-9(10,4-13)7-2-3-7/h7,13H,2-5,10H2,1H3. The second-order valence-electron chi connectivity index (χ2n) is 4.04. The molecule has 1 heterocycles. The third kappa shape index (κ3) is 2.69. The van der Waals surface area contributed by atoms with E-state index < -0.39 is 5.54 Å². The maximum atomic E-state index is 9.31. The van der Waals surface area contributed by atoms with E-state index in [4.69, 9.17) is 5.73 Å². The van der Waals surface area contributed by atoms with E-state index >= 15 is 0 Å². The first kappa shape index (κ1) is 11.3. The fourth-order valence-electron chi connectivity index (χ4n) is 1.48. The van der Waals surface area contributed by atoms with Gasteiger partial charge in [-0.1, -0.05) is 23.1 Å². The van der Waals surface area contributed by atoms with E-state index in [0.29, 0.717) is 5.92 Å². The number of aromatic nitrogens is 2. The number of aryl methyl sites for hydroxylation is 1. The molecule has 2 rings (SSSR count). The molecule has 0 bridgehead atoms. The van der Waals surface area contributed by atoms with Crippen LogP contribution in [-0.2, 0) is 0 Å². The number of rotatable bonds is 5. The molecule has 4 nitrogen and oxygen atoms in total. The van der Waals surface area contributed by atoms with Crippen molar-refractivity contribution in [1.29, 1.82) is 0 Å². The Morgan fingerprint density at radius 1 is 1.60 bits per heavy atom. The number of hydrogen-bond donors (Lipinski definition) is 2. The summed E-state index contributed by atoms with van der Waals surface area (Å²) in [5.74, 6) is 1.21. The van der Waals surface area contributed by atoms with E-state index in [1.54, 1.807) is 23.1 Å². The lowest BCUT2D eigenvalue weighted by Crippen LogP contribution is -2.48. The van der Waals surface area contributed by atoms with Gasteiger partial charge in [0, 0.05) is 5.75 Å². The topological polar surface area (TPSA) is 72.0 Å². The normalized spacial score (nSPS) is 20.2. The quantitative estimate of drug-likeness (QED) is 0.758. The Kier molecular flexibility index (Phi) is 3.30. The molecule has 0 aromatic carbocycles. The second kappa shape index (κ2) is 4.37. The third-order valence-corrected chi connectivity index (χ3v) is 4.90. The van der Waals surface area contributed by atoms with Crippen LogP contribution >= 0.6 is 23.1 Å². The average Bonchev–Trinajstić information content (AvgIpc) is 3.00. The summed E-state index contributed by atoms with van der Waals surface area (Å²) in [6.07, 6.45) is 2.29. The maximum absolute atomic E-state index is 9.31. The van der Waals surface area contributed by atoms with Gasteiger partial charge in [0.25, 0.3) is 0 Å². The van der Waals surface area contributed by atoms with Crippen molar-refractivity contribution in [3.63, 3.8) is 0 Å². The zero-order chi connectivity index (χ0) is 10.9. The summed E-state index contributed by atoms with van der Waals surface area (Å²) in [5.41, 5.74) is 5.72. The van der Waals surface area contributed by atoms with Crippen molar-refractivity contribution in [3.8, 4) is 0 Å². The number of nitrogens with two attached hydrogens (primary N) is 1. The summed E-state index contributed by atoms with van der Waals surface area (Å²) in [6.45, 7) is 1.99. The van der Waals surface area contributed by atoms with E-state index in [-0.39, 0.29) is 6.61 Å². The maximum Gasteiger partial charge on any atom is 0.174 e. The van der Waals surface area contributed by atoms with Crippen molar-refractivity contribution in [2.24, 2.45) is 11.7 Å². The van der Waals surface area contributed by atoms with E-state index in [0.717, 1.165) is 27.9 Å². The Labute approximate surface area is 97.3 Å². The lowest BCUT2D eigenvalue weighted by molar-refractivity contribution is 0.194. The lowest BCUT2D eigenvalue weighted by atomic mass is 9.99. The van der Waals surface area contributed by atoms with Crippen molar-refractivity contribution in [2.75, 3.05) is 12.4 Å². The van der Waals surface area contributed by atoms with Crippen LogP contribution in [0.3, 0.4) is 0 Å². The fourth-order valence-corrected chi connectivity index (χ4v) is 3.49. The Bertz CT molecular complexity index is 340. The van der Waals surface area contributed by atoms with Crippen LogP contribution < -0.4 is 5.73 Å². The minimum Gasteiger partial charge on any atom is -0.394 e. The van der Waals surface area contributed by atoms with E-state index in [9.17, 15) is 5.11 Å². The summed E-state index contributed by atoms with van der Waals surface area (Å²) in [6, 6.07) is 0. The molecule has 3 N–H and O–H groups in total. The molecule has 84 valence electrons. The SMILES string of the molecule is Cc1nnc(SCC(N)(CO)C2CC2)s1. The van der Waals surface area contributed by atoms with Gasteiger partial charge < -0.3 is 10.8 Å². The molecule has 15 heavy (non-hydrogen) atoms. The molecule has 1 aliphatic rings. The molecule has 1 aliphatic carbocycles. The highest BCUT2D eigenvalue weighted by Gasteiger charge is 2.41. The molecule has 1 atom stereocenters. The number of nitrogens with zero attached hydrogens (tertiary/aromatic N) is 2. The van der Waals surface area contributed by atoms with Crippen LogP contribution in [0.4, 0.5) is 0 Å². The minimum atomic E-state index is -0.426. The predicted octanol–water partition coefficient (Wildman–Crippen LogP) is 1.04. The van der Waals surface area contributed by atoms with Crippen LogP contribution in [0.5, 0.6) is 0 Å². The van der Waals surface area contributed by atoms with Gasteiger partial charge in [-0.25, -0.2) is 0 Å². The molecule has 1 saturated carbocycles. The second-order valence-corrected chi connectivity index (χ2v) is 6.45. The van der Waals surface area contributed by atoms with Gasteiger partial charge in [0.15, 0.2) is 4.34 Å². The van der Waals surface area contributed by atoms with Gasteiger partial charge in [0.2, 0.25) is 0 Å². The molecule has 0 spiro atoms. The summed E-state index contributed by atoms with van der Waals surface area (Å²) in [4.78, 5) is 0. The van der Waals surface area contributed by atoms with Crippen molar-refractivity contribution >= 4 is 23.1 Å². The molecular weight excluding hydrogens is 230 g/mol. The molecule has 1 fully saturated rings. The van der Waals surface area contributed by atoms with E-state index in [2.05, 4.69) is 10.2 Å². The average molecular weight is 245 g/mol. The smallest absolute Gasteiger partial charge is 0.174 e. The highest BCUT2D eigenvalue weighted by atomic mass is 32.2. The van der Waals surface area contributed by atoms with Crippen molar-refractivity contribution in [1.82, 2.24) is 10.2 Å². The van der Waals surface area contributed by atoms with Crippen LogP contribution in [-0.4, -0.2) is 33.2 Å². The summed E-state index contributed by atoms with van der Waals surface area (Å²) < 4.78 is 0.941. The zero-order valence-electron chi connectivity index (χ0n) is 8.64. The van der Waals surface area contributed by atoms with E-state index in [1.165, 1.54) is 0 Å². The molecule has 0 amide bonds. The Balaban J connectivity index is 1.91. The van der Waals surface area contributed by atoms with Crippen molar-refractivity contribution in [3.05, 3.63) is 5.01 Å². The third-order valence-electron chi connectivity index (χ3n) is 2.66. The molecule has 1 aromatic heterocycles. The number of aliphatic hydroxyl groups is 1. The highest BCUT2D eigenvalue weighted by Crippen LogP contribution is 2.40. The van der Waals surface area contributed by atoms with Crippen LogP contribution in [0, 0.1) is 12.8 Å². The molecule has 0 aliphatic heterocycles. The van der Waals surface area contributed by atoms with Crippen LogP contribution in [0.25, 0.3) is 0 Å². The fraction of sp³-hybridized carbons (Fsp3) is 0.778. The molecular formula is C9H15N3OS2. The Morgan fingerprint density at radius 3 is 2.80 bits per heavy atom. The highest BCUT2D eigenvalue weighted by molar-refractivity contribution is 8.01. The van der Waals surface area contributed by atoms with Gasteiger partial charge in [-0.05, 0) is 25.7 Å². The first-order chi connectivity index (χ1) is 7.14.